The van der Waals surface area contributed by atoms with E-state index in [1.165, 1.54) is 0 Å². The summed E-state index contributed by atoms with van der Waals surface area (Å²) in [5.41, 5.74) is 0.726. The number of benzene rings is 1. The van der Waals surface area contributed by atoms with Gasteiger partial charge in [-0.1, -0.05) is 26.0 Å². The van der Waals surface area contributed by atoms with Crippen LogP contribution in [-0.4, -0.2) is 30.9 Å². The smallest absolute Gasteiger partial charge is 0.243 e. The van der Waals surface area contributed by atoms with Crippen molar-refractivity contribution in [1.82, 2.24) is 4.31 Å². The first-order valence-electron chi connectivity index (χ1n) is 7.10. The maximum atomic E-state index is 12.6. The van der Waals surface area contributed by atoms with Crippen LogP contribution in [0.5, 0.6) is 0 Å². The zero-order valence-corrected chi connectivity index (χ0v) is 13.1. The zero-order chi connectivity index (χ0) is 14.9. The fraction of sp³-hybridized carbons (Fsp3) is 0.600. The average molecular weight is 297 g/mol. The van der Waals surface area contributed by atoms with E-state index >= 15 is 0 Å². The Labute approximate surface area is 121 Å². The van der Waals surface area contributed by atoms with Crippen LogP contribution in [0.2, 0.25) is 0 Å². The number of hydrogen-bond acceptors (Lipinski definition) is 3. The maximum Gasteiger partial charge on any atom is 0.243 e. The number of aliphatic hydroxyl groups is 1. The molecule has 4 nitrogen and oxygen atoms in total. The van der Waals surface area contributed by atoms with Crippen LogP contribution in [-0.2, 0) is 10.0 Å². The van der Waals surface area contributed by atoms with Gasteiger partial charge in [-0.2, -0.15) is 4.31 Å². The molecule has 1 aromatic carbocycles. The Morgan fingerprint density at radius 1 is 1.20 bits per heavy atom. The van der Waals surface area contributed by atoms with E-state index in [0.29, 0.717) is 29.8 Å². The summed E-state index contributed by atoms with van der Waals surface area (Å²) >= 11 is 0. The fourth-order valence-electron chi connectivity index (χ4n) is 2.51. The van der Waals surface area contributed by atoms with E-state index in [1.807, 2.05) is 0 Å². The molecule has 0 radical (unpaired) electrons. The van der Waals surface area contributed by atoms with Crippen molar-refractivity contribution in [3.05, 3.63) is 29.8 Å². The van der Waals surface area contributed by atoms with Crippen LogP contribution in [0.4, 0.5) is 0 Å². The molecule has 1 aliphatic rings. The second kappa shape index (κ2) is 5.84. The Morgan fingerprint density at radius 2 is 1.80 bits per heavy atom. The highest BCUT2D eigenvalue weighted by atomic mass is 32.2. The molecule has 5 heteroatoms. The molecule has 0 bridgehead atoms. The van der Waals surface area contributed by atoms with Gasteiger partial charge in [-0.3, -0.25) is 0 Å². The molecule has 0 aromatic heterocycles. The molecule has 3 unspecified atom stereocenters. The number of aliphatic hydroxyl groups excluding tert-OH is 1. The number of sulfonamides is 1. The largest absolute Gasteiger partial charge is 0.389 e. The van der Waals surface area contributed by atoms with Crippen LogP contribution in [0.25, 0.3) is 0 Å². The molecule has 1 heterocycles. The molecule has 1 N–H and O–H groups in total. The summed E-state index contributed by atoms with van der Waals surface area (Å²) in [6, 6.07) is 6.52. The molecule has 0 saturated carbocycles. The first-order chi connectivity index (χ1) is 9.32. The first kappa shape index (κ1) is 15.5. The average Bonchev–Trinajstić information content (AvgIpc) is 2.41. The number of nitrogens with zero attached hydrogens (tertiary/aromatic N) is 1. The zero-order valence-electron chi connectivity index (χ0n) is 12.3. The summed E-state index contributed by atoms with van der Waals surface area (Å²) in [5.74, 6) is 0.953. The van der Waals surface area contributed by atoms with Crippen LogP contribution >= 0.6 is 0 Å². The normalized spacial score (nSPS) is 26.4. The van der Waals surface area contributed by atoms with Crippen LogP contribution in [0.3, 0.4) is 0 Å². The van der Waals surface area contributed by atoms with Gasteiger partial charge in [-0.25, -0.2) is 8.42 Å². The molecule has 1 aromatic rings. The Hall–Kier alpha value is -0.910. The minimum absolute atomic E-state index is 0.309. The van der Waals surface area contributed by atoms with Crippen molar-refractivity contribution in [2.24, 2.45) is 11.8 Å². The minimum Gasteiger partial charge on any atom is -0.389 e. The minimum atomic E-state index is -3.41. The highest BCUT2D eigenvalue weighted by molar-refractivity contribution is 7.89. The second-order valence-corrected chi connectivity index (χ2v) is 7.79. The Morgan fingerprint density at radius 3 is 2.30 bits per heavy atom. The molecule has 2 rings (SSSR count). The molecule has 3 atom stereocenters. The first-order valence-corrected chi connectivity index (χ1v) is 8.54. The van der Waals surface area contributed by atoms with Gasteiger partial charge in [0.2, 0.25) is 10.0 Å². The molecule has 1 saturated heterocycles. The number of hydrogen-bond donors (Lipinski definition) is 1. The van der Waals surface area contributed by atoms with Gasteiger partial charge in [-0.05, 0) is 42.9 Å². The van der Waals surface area contributed by atoms with Crippen molar-refractivity contribution < 1.29 is 13.5 Å². The third-order valence-electron chi connectivity index (χ3n) is 4.30. The predicted octanol–water partition coefficient (Wildman–Crippen LogP) is 2.41. The molecule has 1 fully saturated rings. The van der Waals surface area contributed by atoms with Gasteiger partial charge >= 0.3 is 0 Å². The Balaban J connectivity index is 2.22. The Kier molecular flexibility index (Phi) is 4.52. The van der Waals surface area contributed by atoms with Gasteiger partial charge in [0.05, 0.1) is 11.0 Å². The lowest BCUT2D eigenvalue weighted by molar-refractivity contribution is 0.199. The van der Waals surface area contributed by atoms with Gasteiger partial charge < -0.3 is 5.11 Å². The monoisotopic (exact) mass is 297 g/mol. The third kappa shape index (κ3) is 3.05. The quantitative estimate of drug-likeness (QED) is 0.932. The van der Waals surface area contributed by atoms with E-state index in [4.69, 9.17) is 0 Å². The molecule has 0 spiro atoms. The highest BCUT2D eigenvalue weighted by Gasteiger charge is 2.31. The van der Waals surface area contributed by atoms with E-state index in [2.05, 4.69) is 13.8 Å². The second-order valence-electron chi connectivity index (χ2n) is 5.85. The van der Waals surface area contributed by atoms with E-state index in [0.717, 1.165) is 12.0 Å². The van der Waals surface area contributed by atoms with E-state index < -0.39 is 16.1 Å². The predicted molar refractivity (Wildman–Crippen MR) is 78.8 cm³/mol. The summed E-state index contributed by atoms with van der Waals surface area (Å²) in [6.45, 7) is 7.11. The summed E-state index contributed by atoms with van der Waals surface area (Å²) in [4.78, 5) is 0.309. The lowest BCUT2D eigenvalue weighted by Gasteiger charge is -2.34. The topological polar surface area (TPSA) is 57.6 Å². The van der Waals surface area contributed by atoms with E-state index in [-0.39, 0.29) is 0 Å². The van der Waals surface area contributed by atoms with Crippen molar-refractivity contribution in [3.8, 4) is 0 Å². The lowest BCUT2D eigenvalue weighted by Crippen LogP contribution is -2.42. The third-order valence-corrected chi connectivity index (χ3v) is 6.18. The van der Waals surface area contributed by atoms with Crippen LogP contribution in [0.1, 0.15) is 38.9 Å². The van der Waals surface area contributed by atoms with Crippen molar-refractivity contribution >= 4 is 10.0 Å². The van der Waals surface area contributed by atoms with E-state index in [9.17, 15) is 13.5 Å². The SMILES string of the molecule is CC(O)c1ccc(S(=O)(=O)N2CCC(C)C(C)C2)cc1. The van der Waals surface area contributed by atoms with Gasteiger partial charge in [-0.15, -0.1) is 0 Å². The Bertz CT molecular complexity index is 551. The number of piperidine rings is 1. The molecule has 0 aliphatic carbocycles. The van der Waals surface area contributed by atoms with Gasteiger partial charge in [0.1, 0.15) is 0 Å². The molecule has 0 amide bonds. The van der Waals surface area contributed by atoms with Gasteiger partial charge in [0.25, 0.3) is 0 Å². The van der Waals surface area contributed by atoms with E-state index in [1.54, 1.807) is 35.5 Å². The van der Waals surface area contributed by atoms with Crippen LogP contribution < -0.4 is 0 Å². The van der Waals surface area contributed by atoms with Crippen molar-refractivity contribution in [2.45, 2.75) is 38.2 Å². The van der Waals surface area contributed by atoms with Gasteiger partial charge in [0, 0.05) is 13.1 Å². The van der Waals surface area contributed by atoms with Crippen LogP contribution in [0.15, 0.2) is 29.2 Å². The molecule has 112 valence electrons. The molecular formula is C15H23NO3S. The standard InChI is InChI=1S/C15H23NO3S/c1-11-8-9-16(10-12(11)2)20(18,19)15-6-4-14(5-7-15)13(3)17/h4-7,11-13,17H,8-10H2,1-3H3. The maximum absolute atomic E-state index is 12.6. The van der Waals surface area contributed by atoms with Crippen molar-refractivity contribution in [1.29, 1.82) is 0 Å². The number of rotatable bonds is 3. The summed E-state index contributed by atoms with van der Waals surface area (Å²) in [5, 5.41) is 9.47. The summed E-state index contributed by atoms with van der Waals surface area (Å²) in [6.07, 6.45) is 0.328. The fourth-order valence-corrected chi connectivity index (χ4v) is 4.07. The van der Waals surface area contributed by atoms with Crippen LogP contribution in [0, 0.1) is 11.8 Å². The molecule has 20 heavy (non-hydrogen) atoms. The highest BCUT2D eigenvalue weighted by Crippen LogP contribution is 2.27. The van der Waals surface area contributed by atoms with Gasteiger partial charge in [0.15, 0.2) is 0 Å². The van der Waals surface area contributed by atoms with Crippen molar-refractivity contribution in [3.63, 3.8) is 0 Å². The summed E-state index contributed by atoms with van der Waals surface area (Å²) in [7, 11) is -3.41. The van der Waals surface area contributed by atoms with Crippen molar-refractivity contribution in [2.75, 3.05) is 13.1 Å². The molecule has 1 aliphatic heterocycles. The summed E-state index contributed by atoms with van der Waals surface area (Å²) < 4.78 is 26.7. The molecular weight excluding hydrogens is 274 g/mol. The lowest BCUT2D eigenvalue weighted by atomic mass is 9.90.